The molecular formula is C19H29N3O3. The number of benzene rings is 1. The van der Waals surface area contributed by atoms with E-state index in [1.165, 1.54) is 12.2 Å². The molecule has 0 radical (unpaired) electrons. The van der Waals surface area contributed by atoms with Gasteiger partial charge in [0.25, 0.3) is 0 Å². The number of nitrogens with zero attached hydrogens (tertiary/aromatic N) is 1. The Morgan fingerprint density at radius 1 is 1.32 bits per heavy atom. The van der Waals surface area contributed by atoms with Crippen LogP contribution in [0, 0.1) is 11.8 Å². The molecule has 138 valence electrons. The molecule has 0 atom stereocenters. The highest BCUT2D eigenvalue weighted by Gasteiger charge is 2.37. The topological polar surface area (TPSA) is 84.7 Å². The smallest absolute Gasteiger partial charge is 0.248 e. The number of nitrogens with two attached hydrogens (primary N) is 1. The lowest BCUT2D eigenvalue weighted by Crippen LogP contribution is -2.40. The van der Waals surface area contributed by atoms with E-state index in [0.717, 1.165) is 18.4 Å². The molecule has 0 heterocycles. The average molecular weight is 347 g/mol. The number of hydrogen-bond acceptors (Lipinski definition) is 4. The highest BCUT2D eigenvalue weighted by molar-refractivity contribution is 5.94. The maximum absolute atomic E-state index is 12.2. The van der Waals surface area contributed by atoms with E-state index < -0.39 is 0 Å². The summed E-state index contributed by atoms with van der Waals surface area (Å²) in [5.41, 5.74) is 8.43. The molecule has 0 spiro atoms. The third kappa shape index (κ3) is 4.72. The van der Waals surface area contributed by atoms with Crippen LogP contribution in [0.4, 0.5) is 11.4 Å². The highest BCUT2D eigenvalue weighted by Crippen LogP contribution is 2.37. The lowest BCUT2D eigenvalue weighted by Gasteiger charge is -2.35. The predicted octanol–water partition coefficient (Wildman–Crippen LogP) is 2.94. The first-order valence-corrected chi connectivity index (χ1v) is 8.63. The van der Waals surface area contributed by atoms with Crippen molar-refractivity contribution in [1.82, 2.24) is 5.06 Å². The first kappa shape index (κ1) is 19.2. The second kappa shape index (κ2) is 7.44. The fraction of sp³-hybridized carbons (Fsp3) is 0.579. The van der Waals surface area contributed by atoms with Crippen LogP contribution < -0.4 is 11.1 Å². The summed E-state index contributed by atoms with van der Waals surface area (Å²) >= 11 is 0. The zero-order chi connectivity index (χ0) is 18.8. The van der Waals surface area contributed by atoms with Gasteiger partial charge in [0.15, 0.2) is 0 Å². The number of amides is 2. The van der Waals surface area contributed by atoms with Crippen LogP contribution >= 0.6 is 0 Å². The number of anilines is 2. The Labute approximate surface area is 149 Å². The van der Waals surface area contributed by atoms with Crippen molar-refractivity contribution in [3.05, 3.63) is 23.8 Å². The molecule has 0 unspecified atom stereocenters. The molecule has 0 aromatic heterocycles. The molecule has 6 nitrogen and oxygen atoms in total. The van der Waals surface area contributed by atoms with Gasteiger partial charge in [-0.15, -0.1) is 0 Å². The van der Waals surface area contributed by atoms with Crippen LogP contribution in [0.5, 0.6) is 0 Å². The molecule has 1 aliphatic carbocycles. The molecule has 1 saturated carbocycles. The molecule has 2 amide bonds. The molecule has 1 aromatic rings. The van der Waals surface area contributed by atoms with Gasteiger partial charge in [-0.3, -0.25) is 14.4 Å². The van der Waals surface area contributed by atoms with Gasteiger partial charge in [-0.2, -0.15) is 0 Å². The second-order valence-electron chi connectivity index (χ2n) is 7.86. The molecule has 0 saturated heterocycles. The number of nitrogens with one attached hydrogen (secondary N) is 1. The summed E-state index contributed by atoms with van der Waals surface area (Å²) in [6.07, 6.45) is 1.84. The molecule has 6 heteroatoms. The average Bonchev–Trinajstić information content (AvgIpc) is 2.50. The number of hydrogen-bond donors (Lipinski definition) is 2. The minimum Gasteiger partial charge on any atom is -0.397 e. The van der Waals surface area contributed by atoms with Crippen molar-refractivity contribution in [2.45, 2.75) is 45.4 Å². The van der Waals surface area contributed by atoms with E-state index in [1.807, 2.05) is 18.2 Å². The molecule has 3 N–H and O–H groups in total. The summed E-state index contributed by atoms with van der Waals surface area (Å²) in [7, 11) is 3.07. The van der Waals surface area contributed by atoms with Crippen molar-refractivity contribution in [2.75, 3.05) is 25.2 Å². The van der Waals surface area contributed by atoms with Crippen LogP contribution in [-0.2, 0) is 19.8 Å². The monoisotopic (exact) mass is 347 g/mol. The third-order valence-corrected chi connectivity index (χ3v) is 4.83. The van der Waals surface area contributed by atoms with Crippen LogP contribution in [-0.4, -0.2) is 31.0 Å². The Morgan fingerprint density at radius 3 is 2.48 bits per heavy atom. The van der Waals surface area contributed by atoms with E-state index in [9.17, 15) is 9.59 Å². The fourth-order valence-corrected chi connectivity index (χ4v) is 3.06. The van der Waals surface area contributed by atoms with Crippen LogP contribution in [0.25, 0.3) is 0 Å². The largest absolute Gasteiger partial charge is 0.397 e. The number of nitrogen functional groups attached to an aromatic ring is 1. The minimum absolute atomic E-state index is 0.0134. The quantitative estimate of drug-likeness (QED) is 0.633. The highest BCUT2D eigenvalue weighted by atomic mass is 16.7. The maximum Gasteiger partial charge on any atom is 0.248 e. The molecule has 0 aliphatic heterocycles. The third-order valence-electron chi connectivity index (χ3n) is 4.83. The summed E-state index contributed by atoms with van der Waals surface area (Å²) in [4.78, 5) is 29.1. The first-order valence-electron chi connectivity index (χ1n) is 8.63. The molecule has 1 fully saturated rings. The molecule has 1 aromatic carbocycles. The van der Waals surface area contributed by atoms with Gasteiger partial charge in [-0.25, -0.2) is 5.06 Å². The zero-order valence-electron chi connectivity index (χ0n) is 15.8. The fourth-order valence-electron chi connectivity index (χ4n) is 3.06. The van der Waals surface area contributed by atoms with Gasteiger partial charge < -0.3 is 11.1 Å². The predicted molar refractivity (Wildman–Crippen MR) is 98.8 cm³/mol. The van der Waals surface area contributed by atoms with Gasteiger partial charge in [-0.05, 0) is 41.9 Å². The Kier molecular flexibility index (Phi) is 5.72. The molecule has 0 bridgehead atoms. The number of rotatable bonds is 5. The van der Waals surface area contributed by atoms with Crippen LogP contribution in [0.3, 0.4) is 0 Å². The summed E-state index contributed by atoms with van der Waals surface area (Å²) < 4.78 is 0. The van der Waals surface area contributed by atoms with Gasteiger partial charge >= 0.3 is 0 Å². The first-order chi connectivity index (χ1) is 11.6. The summed E-state index contributed by atoms with van der Waals surface area (Å²) in [6.45, 7) is 6.36. The van der Waals surface area contributed by atoms with Crippen molar-refractivity contribution in [2.24, 2.45) is 11.8 Å². The molecular weight excluding hydrogens is 318 g/mol. The SMILES string of the molecule is CON(C)C(=O)C1CC(CC(=O)Nc2ccc(C(C)(C)C)cc2N)C1. The molecule has 25 heavy (non-hydrogen) atoms. The lowest BCUT2D eigenvalue weighted by molar-refractivity contribution is -0.178. The normalized spacial score (nSPS) is 19.9. The maximum atomic E-state index is 12.2. The van der Waals surface area contributed by atoms with Crippen molar-refractivity contribution in [3.8, 4) is 0 Å². The van der Waals surface area contributed by atoms with Gasteiger partial charge in [0.1, 0.15) is 0 Å². The van der Waals surface area contributed by atoms with Gasteiger partial charge in [-0.1, -0.05) is 26.8 Å². The van der Waals surface area contributed by atoms with Crippen LogP contribution in [0.1, 0.15) is 45.6 Å². The molecule has 1 aliphatic rings. The summed E-state index contributed by atoms with van der Waals surface area (Å²) in [6, 6.07) is 5.76. The Morgan fingerprint density at radius 2 is 1.96 bits per heavy atom. The molecule has 2 rings (SSSR count). The van der Waals surface area contributed by atoms with Crippen molar-refractivity contribution < 1.29 is 14.4 Å². The van der Waals surface area contributed by atoms with E-state index in [-0.39, 0.29) is 29.1 Å². The lowest BCUT2D eigenvalue weighted by atomic mass is 9.72. The van der Waals surface area contributed by atoms with Crippen molar-refractivity contribution >= 4 is 23.2 Å². The minimum atomic E-state index is -0.0637. The zero-order valence-corrected chi connectivity index (χ0v) is 15.8. The van der Waals surface area contributed by atoms with Crippen LogP contribution in [0.2, 0.25) is 0 Å². The van der Waals surface area contributed by atoms with E-state index in [0.29, 0.717) is 17.8 Å². The van der Waals surface area contributed by atoms with E-state index in [1.54, 1.807) is 7.05 Å². The van der Waals surface area contributed by atoms with Crippen molar-refractivity contribution in [1.29, 1.82) is 0 Å². The number of hydroxylamine groups is 2. The van der Waals surface area contributed by atoms with Crippen molar-refractivity contribution in [3.63, 3.8) is 0 Å². The van der Waals surface area contributed by atoms with Gasteiger partial charge in [0.05, 0.1) is 18.5 Å². The van der Waals surface area contributed by atoms with E-state index in [2.05, 4.69) is 26.1 Å². The Bertz CT molecular complexity index is 646. The van der Waals surface area contributed by atoms with Crippen LogP contribution in [0.15, 0.2) is 18.2 Å². The summed E-state index contributed by atoms with van der Waals surface area (Å²) in [5.74, 6) is 0.0977. The summed E-state index contributed by atoms with van der Waals surface area (Å²) in [5, 5.41) is 4.13. The standard InChI is InChI=1S/C19H29N3O3/c1-19(2,3)14-6-7-16(15(20)11-14)21-17(23)10-12-8-13(9-12)18(24)22(4)25-5/h6-7,11-13H,8-10,20H2,1-5H3,(H,21,23). The van der Waals surface area contributed by atoms with E-state index in [4.69, 9.17) is 10.6 Å². The van der Waals surface area contributed by atoms with Gasteiger partial charge in [0, 0.05) is 19.4 Å². The second-order valence-corrected chi connectivity index (χ2v) is 7.86. The van der Waals surface area contributed by atoms with E-state index >= 15 is 0 Å². The number of carbonyl (C=O) groups is 2. The Hall–Kier alpha value is -2.08. The van der Waals surface area contributed by atoms with Gasteiger partial charge in [0.2, 0.25) is 11.8 Å². The number of carbonyl (C=O) groups excluding carboxylic acids is 2. The Balaban J connectivity index is 1.85.